The van der Waals surface area contributed by atoms with E-state index in [1.165, 1.54) is 4.90 Å². The summed E-state index contributed by atoms with van der Waals surface area (Å²) in [5.41, 5.74) is 3.95. The summed E-state index contributed by atoms with van der Waals surface area (Å²) in [6.07, 6.45) is 1.72. The summed E-state index contributed by atoms with van der Waals surface area (Å²) < 4.78 is 16.9. The number of aryl methyl sites for hydroxylation is 2. The van der Waals surface area contributed by atoms with Gasteiger partial charge < -0.3 is 13.9 Å². The van der Waals surface area contributed by atoms with E-state index in [0.29, 0.717) is 40.1 Å². The molecule has 0 saturated carbocycles. The van der Waals surface area contributed by atoms with Crippen molar-refractivity contribution in [2.24, 2.45) is 0 Å². The van der Waals surface area contributed by atoms with Crippen molar-refractivity contribution in [2.75, 3.05) is 18.6 Å². The van der Waals surface area contributed by atoms with E-state index in [0.717, 1.165) is 24.0 Å². The van der Waals surface area contributed by atoms with E-state index in [2.05, 4.69) is 0 Å². The molecule has 0 fully saturated rings. The van der Waals surface area contributed by atoms with Crippen LogP contribution in [0.3, 0.4) is 0 Å². The molecule has 38 heavy (non-hydrogen) atoms. The first-order chi connectivity index (χ1) is 18.3. The maximum atomic E-state index is 13.9. The largest absolute Gasteiger partial charge is 0.497 e. The molecule has 0 saturated heterocycles. The third kappa shape index (κ3) is 4.34. The van der Waals surface area contributed by atoms with Crippen LogP contribution < -0.4 is 15.1 Å². The molecule has 2 heterocycles. The average Bonchev–Trinajstić information content (AvgIpc) is 3.22. The number of unbranched alkanes of at least 4 members (excludes halogenated alkanes) is 1. The van der Waals surface area contributed by atoms with Gasteiger partial charge in [-0.25, -0.2) is 4.79 Å². The summed E-state index contributed by atoms with van der Waals surface area (Å²) in [5, 5.41) is 0.430. The number of rotatable bonds is 7. The molecular weight excluding hydrogens is 482 g/mol. The van der Waals surface area contributed by atoms with Gasteiger partial charge in [0.05, 0.1) is 36.3 Å². The van der Waals surface area contributed by atoms with Crippen molar-refractivity contribution in [3.05, 3.63) is 104 Å². The molecule has 0 aliphatic carbocycles. The molecule has 1 atom stereocenters. The van der Waals surface area contributed by atoms with Crippen molar-refractivity contribution in [1.29, 1.82) is 0 Å². The summed E-state index contributed by atoms with van der Waals surface area (Å²) in [4.78, 5) is 41.7. The highest BCUT2D eigenvalue weighted by molar-refractivity contribution is 6.11. The van der Waals surface area contributed by atoms with Crippen LogP contribution in [0.2, 0.25) is 0 Å². The van der Waals surface area contributed by atoms with Crippen molar-refractivity contribution in [1.82, 2.24) is 0 Å². The lowest BCUT2D eigenvalue weighted by molar-refractivity contribution is 0.0499. The van der Waals surface area contributed by atoms with Gasteiger partial charge in [-0.3, -0.25) is 14.5 Å². The summed E-state index contributed by atoms with van der Waals surface area (Å²) in [5.74, 6) is -0.227. The van der Waals surface area contributed by atoms with Gasteiger partial charge in [0.15, 0.2) is 5.43 Å². The Morgan fingerprint density at radius 2 is 1.74 bits per heavy atom. The second-order valence-electron chi connectivity index (χ2n) is 9.50. The van der Waals surface area contributed by atoms with Crippen molar-refractivity contribution in [2.45, 2.75) is 39.7 Å². The number of carbonyl (C=O) groups is 2. The van der Waals surface area contributed by atoms with E-state index in [-0.39, 0.29) is 16.8 Å². The van der Waals surface area contributed by atoms with Crippen LogP contribution in [0.5, 0.6) is 5.75 Å². The van der Waals surface area contributed by atoms with E-state index >= 15 is 0 Å². The molecule has 0 bridgehead atoms. The highest BCUT2D eigenvalue weighted by Gasteiger charge is 2.43. The van der Waals surface area contributed by atoms with E-state index in [1.54, 1.807) is 43.5 Å². The molecule has 5 rings (SSSR count). The Morgan fingerprint density at radius 3 is 2.45 bits per heavy atom. The molecule has 1 aliphatic rings. The molecule has 0 N–H and O–H groups in total. The number of hydrogen-bond donors (Lipinski definition) is 0. The van der Waals surface area contributed by atoms with Gasteiger partial charge in [-0.15, -0.1) is 0 Å². The Bertz CT molecular complexity index is 1600. The van der Waals surface area contributed by atoms with Gasteiger partial charge in [0.2, 0.25) is 5.76 Å². The minimum Gasteiger partial charge on any atom is -0.497 e. The number of methoxy groups -OCH3 is 1. The lowest BCUT2D eigenvalue weighted by atomic mass is 9.97. The van der Waals surface area contributed by atoms with Crippen LogP contribution in [0.25, 0.3) is 11.0 Å². The molecule has 0 radical (unpaired) electrons. The maximum absolute atomic E-state index is 13.9. The Hall–Kier alpha value is -4.39. The number of carbonyl (C=O) groups excluding carboxylic acids is 2. The number of amides is 1. The topological polar surface area (TPSA) is 86.0 Å². The standard InChI is InChI=1S/C31H29NO6/c1-5-6-14-37-31(35)20-10-12-22(13-11-20)32-27(21-8-7-9-23(17-21)36-4)26-28(33)24-15-18(2)19(3)16-25(24)38-29(26)30(32)34/h7-13,15-17,27H,5-6,14H2,1-4H3. The van der Waals surface area contributed by atoms with Crippen molar-refractivity contribution >= 4 is 28.5 Å². The van der Waals surface area contributed by atoms with Gasteiger partial charge in [0, 0.05) is 5.69 Å². The zero-order valence-electron chi connectivity index (χ0n) is 21.9. The fourth-order valence-electron chi connectivity index (χ4n) is 4.77. The highest BCUT2D eigenvalue weighted by atomic mass is 16.5. The molecule has 7 nitrogen and oxygen atoms in total. The van der Waals surface area contributed by atoms with E-state index < -0.39 is 17.9 Å². The van der Waals surface area contributed by atoms with Gasteiger partial charge >= 0.3 is 5.97 Å². The first-order valence-corrected chi connectivity index (χ1v) is 12.7. The third-order valence-corrected chi connectivity index (χ3v) is 7.01. The lowest BCUT2D eigenvalue weighted by Gasteiger charge is -2.25. The average molecular weight is 512 g/mol. The number of fused-ring (bicyclic) bond motifs is 2. The van der Waals surface area contributed by atoms with E-state index in [4.69, 9.17) is 13.9 Å². The normalized spacial score (nSPS) is 14.6. The Morgan fingerprint density at radius 1 is 1.00 bits per heavy atom. The summed E-state index contributed by atoms with van der Waals surface area (Å²) in [6, 6.07) is 16.8. The van der Waals surface area contributed by atoms with Gasteiger partial charge in [-0.2, -0.15) is 0 Å². The molecule has 1 unspecified atom stereocenters. The third-order valence-electron chi connectivity index (χ3n) is 7.01. The van der Waals surface area contributed by atoms with Gasteiger partial charge in [-0.05, 0) is 85.5 Å². The number of ether oxygens (including phenoxy) is 2. The fraction of sp³-hybridized carbons (Fsp3) is 0.258. The predicted molar refractivity (Wildman–Crippen MR) is 145 cm³/mol. The van der Waals surface area contributed by atoms with Gasteiger partial charge in [-0.1, -0.05) is 25.5 Å². The second kappa shape index (κ2) is 10.2. The number of benzene rings is 3. The molecule has 7 heteroatoms. The summed E-state index contributed by atoms with van der Waals surface area (Å²) in [7, 11) is 1.57. The second-order valence-corrected chi connectivity index (χ2v) is 9.50. The molecule has 0 spiro atoms. The van der Waals surface area contributed by atoms with Crippen molar-refractivity contribution in [3.63, 3.8) is 0 Å². The number of esters is 1. The first-order valence-electron chi connectivity index (χ1n) is 12.7. The number of hydrogen-bond acceptors (Lipinski definition) is 6. The molecule has 1 aromatic heterocycles. The van der Waals surface area contributed by atoms with E-state index in [9.17, 15) is 14.4 Å². The minimum absolute atomic E-state index is 0.0154. The SMILES string of the molecule is CCCCOC(=O)c1ccc(N2C(=O)c3oc4cc(C)c(C)cc4c(=O)c3C2c2cccc(OC)c2)cc1. The van der Waals surface area contributed by atoms with Crippen LogP contribution >= 0.6 is 0 Å². The molecule has 1 amide bonds. The fourth-order valence-corrected chi connectivity index (χ4v) is 4.77. The van der Waals surface area contributed by atoms with E-state index in [1.807, 2.05) is 45.0 Å². The predicted octanol–water partition coefficient (Wildman–Crippen LogP) is 6.13. The first kappa shape index (κ1) is 25.3. The molecule has 3 aromatic carbocycles. The number of nitrogens with zero attached hydrogens (tertiary/aromatic N) is 1. The van der Waals surface area contributed by atoms with Crippen LogP contribution in [-0.2, 0) is 4.74 Å². The van der Waals surface area contributed by atoms with Crippen LogP contribution in [0.4, 0.5) is 5.69 Å². The number of anilines is 1. The van der Waals surface area contributed by atoms with Crippen molar-refractivity contribution in [3.8, 4) is 5.75 Å². The van der Waals surface area contributed by atoms with Gasteiger partial charge in [0.25, 0.3) is 5.91 Å². The highest BCUT2D eigenvalue weighted by Crippen LogP contribution is 2.42. The Kier molecular flexibility index (Phi) is 6.76. The Labute approximate surface area is 220 Å². The smallest absolute Gasteiger partial charge is 0.338 e. The van der Waals surface area contributed by atoms with Crippen LogP contribution in [0.1, 0.15) is 69.0 Å². The zero-order valence-corrected chi connectivity index (χ0v) is 21.9. The van der Waals surface area contributed by atoms with Crippen LogP contribution in [-0.4, -0.2) is 25.6 Å². The molecule has 4 aromatic rings. The molecule has 1 aliphatic heterocycles. The van der Waals surface area contributed by atoms with Crippen LogP contribution in [0, 0.1) is 13.8 Å². The zero-order chi connectivity index (χ0) is 27.0. The summed E-state index contributed by atoms with van der Waals surface area (Å²) >= 11 is 0. The monoisotopic (exact) mass is 511 g/mol. The summed E-state index contributed by atoms with van der Waals surface area (Å²) in [6.45, 7) is 6.25. The van der Waals surface area contributed by atoms with Crippen LogP contribution in [0.15, 0.2) is 69.9 Å². The quantitative estimate of drug-likeness (QED) is 0.219. The van der Waals surface area contributed by atoms with Crippen molar-refractivity contribution < 1.29 is 23.5 Å². The minimum atomic E-state index is -0.739. The molecule has 194 valence electrons. The molecular formula is C31H29NO6. The maximum Gasteiger partial charge on any atom is 0.338 e. The Balaban J connectivity index is 1.65. The van der Waals surface area contributed by atoms with Gasteiger partial charge in [0.1, 0.15) is 11.3 Å². The lowest BCUT2D eigenvalue weighted by Crippen LogP contribution is -2.29.